The Morgan fingerprint density at radius 3 is 2.89 bits per heavy atom. The number of ether oxygens (including phenoxy) is 2. The first kappa shape index (κ1) is 23.7. The number of hydrogen-bond acceptors (Lipinski definition) is 7. The summed E-state index contributed by atoms with van der Waals surface area (Å²) in [4.78, 5) is 21.3. The van der Waals surface area contributed by atoms with Crippen LogP contribution in [0.4, 0.5) is 13.2 Å². The van der Waals surface area contributed by atoms with Crippen molar-refractivity contribution in [1.29, 1.82) is 5.26 Å². The predicted octanol–water partition coefficient (Wildman–Crippen LogP) is 2.97. The largest absolute Gasteiger partial charge is 0.433 e. The molecule has 2 atom stereocenters. The van der Waals surface area contributed by atoms with Gasteiger partial charge in [0, 0.05) is 36.1 Å². The summed E-state index contributed by atoms with van der Waals surface area (Å²) in [6.45, 7) is -2.46. The standard InChI is InChI=1S/C24H21F3N6O3/c25-16-2-4-20(30-10-16)33-19-8-14(22(34)31-24(12-28)5-6-35-13-24)1-3-18(19)21(32-33)15-7-17(11-29-9-15)36-23(26)27/h2,4,7,9-11,14,23H,1,3,5-6,8,13H2,(H,31,34)/t14-,24-/m1/s1. The summed E-state index contributed by atoms with van der Waals surface area (Å²) >= 11 is 0. The Hall–Kier alpha value is -3.98. The lowest BCUT2D eigenvalue weighted by atomic mass is 9.84. The van der Waals surface area contributed by atoms with Crippen molar-refractivity contribution in [2.24, 2.45) is 5.92 Å². The highest BCUT2D eigenvalue weighted by atomic mass is 19.3. The number of rotatable bonds is 6. The molecule has 3 aromatic rings. The molecule has 1 aliphatic carbocycles. The van der Waals surface area contributed by atoms with Crippen molar-refractivity contribution in [3.8, 4) is 28.9 Å². The normalized spacial score (nSPS) is 21.1. The van der Waals surface area contributed by atoms with Gasteiger partial charge in [-0.3, -0.25) is 9.78 Å². The van der Waals surface area contributed by atoms with E-state index in [0.717, 1.165) is 11.8 Å². The molecule has 5 rings (SSSR count). The molecule has 0 bridgehead atoms. The van der Waals surface area contributed by atoms with Crippen LogP contribution in [0.3, 0.4) is 0 Å². The van der Waals surface area contributed by atoms with Gasteiger partial charge < -0.3 is 14.8 Å². The zero-order chi connectivity index (χ0) is 25.3. The lowest BCUT2D eigenvalue weighted by molar-refractivity contribution is -0.126. The van der Waals surface area contributed by atoms with Gasteiger partial charge in [-0.05, 0) is 31.0 Å². The van der Waals surface area contributed by atoms with Crippen molar-refractivity contribution in [2.45, 2.75) is 37.8 Å². The molecule has 1 amide bonds. The van der Waals surface area contributed by atoms with Crippen LogP contribution >= 0.6 is 0 Å². The molecule has 0 aromatic carbocycles. The Morgan fingerprint density at radius 2 is 2.19 bits per heavy atom. The second-order valence-electron chi connectivity index (χ2n) is 8.73. The van der Waals surface area contributed by atoms with E-state index in [9.17, 15) is 23.2 Å². The zero-order valence-electron chi connectivity index (χ0n) is 19.0. The van der Waals surface area contributed by atoms with E-state index in [1.807, 2.05) is 0 Å². The molecule has 9 nitrogen and oxygen atoms in total. The quantitative estimate of drug-likeness (QED) is 0.556. The van der Waals surface area contributed by atoms with Crippen molar-refractivity contribution in [2.75, 3.05) is 13.2 Å². The molecule has 1 saturated heterocycles. The second kappa shape index (κ2) is 9.58. The van der Waals surface area contributed by atoms with Gasteiger partial charge in [-0.2, -0.15) is 19.1 Å². The van der Waals surface area contributed by atoms with E-state index in [-0.39, 0.29) is 24.7 Å². The van der Waals surface area contributed by atoms with Crippen LogP contribution in [0.25, 0.3) is 17.1 Å². The van der Waals surface area contributed by atoms with Crippen LogP contribution in [0.5, 0.6) is 5.75 Å². The average molecular weight is 498 g/mol. The number of alkyl halides is 2. The van der Waals surface area contributed by atoms with Gasteiger partial charge >= 0.3 is 6.61 Å². The van der Waals surface area contributed by atoms with Crippen LogP contribution < -0.4 is 10.1 Å². The summed E-state index contributed by atoms with van der Waals surface area (Å²) in [5.74, 6) is -0.995. The van der Waals surface area contributed by atoms with Gasteiger partial charge in [-0.15, -0.1) is 0 Å². The average Bonchev–Trinajstić information content (AvgIpc) is 3.49. The highest BCUT2D eigenvalue weighted by Gasteiger charge is 2.40. The number of aromatic nitrogens is 4. The van der Waals surface area contributed by atoms with Gasteiger partial charge in [-0.1, -0.05) is 0 Å². The fraction of sp³-hybridized carbons (Fsp3) is 0.375. The van der Waals surface area contributed by atoms with Crippen molar-refractivity contribution >= 4 is 5.91 Å². The SMILES string of the molecule is N#C[C@]1(NC(=O)[C@@H]2CCc3c(-c4cncc(OC(F)F)c4)nn(-c4ccc(F)cn4)c3C2)CCOC1. The maximum atomic E-state index is 13.5. The fourth-order valence-corrected chi connectivity index (χ4v) is 4.58. The molecular weight excluding hydrogens is 477 g/mol. The Kier molecular flexibility index (Phi) is 6.32. The van der Waals surface area contributed by atoms with E-state index in [1.165, 1.54) is 35.3 Å². The molecular formula is C24H21F3N6O3. The third-order valence-corrected chi connectivity index (χ3v) is 6.38. The first-order chi connectivity index (χ1) is 17.4. The number of carbonyl (C=O) groups is 1. The number of amides is 1. The number of nitrogens with zero attached hydrogens (tertiary/aromatic N) is 5. The van der Waals surface area contributed by atoms with Crippen LogP contribution in [0, 0.1) is 23.1 Å². The summed E-state index contributed by atoms with van der Waals surface area (Å²) in [5, 5.41) is 17.1. The number of fused-ring (bicyclic) bond motifs is 1. The van der Waals surface area contributed by atoms with Gasteiger partial charge in [0.25, 0.3) is 0 Å². The number of nitriles is 1. The smallest absolute Gasteiger partial charge is 0.387 e. The molecule has 12 heteroatoms. The minimum absolute atomic E-state index is 0.112. The third-order valence-electron chi connectivity index (χ3n) is 6.38. The molecule has 0 spiro atoms. The minimum atomic E-state index is -3.00. The molecule has 1 fully saturated rings. The highest BCUT2D eigenvalue weighted by Crippen LogP contribution is 2.36. The van der Waals surface area contributed by atoms with Gasteiger partial charge in [0.15, 0.2) is 11.4 Å². The highest BCUT2D eigenvalue weighted by molar-refractivity contribution is 5.81. The van der Waals surface area contributed by atoms with Crippen LogP contribution in [0.2, 0.25) is 0 Å². The molecule has 1 aliphatic heterocycles. The Labute approximate surface area is 203 Å². The first-order valence-electron chi connectivity index (χ1n) is 11.3. The number of nitrogens with one attached hydrogen (secondary N) is 1. The Balaban J connectivity index is 1.51. The fourth-order valence-electron chi connectivity index (χ4n) is 4.58. The molecule has 36 heavy (non-hydrogen) atoms. The Bertz CT molecular complexity index is 1320. The van der Waals surface area contributed by atoms with Gasteiger partial charge in [-0.25, -0.2) is 14.1 Å². The molecule has 4 heterocycles. The van der Waals surface area contributed by atoms with E-state index in [2.05, 4.69) is 31.2 Å². The number of halogens is 3. The maximum absolute atomic E-state index is 13.5. The maximum Gasteiger partial charge on any atom is 0.387 e. The third kappa shape index (κ3) is 4.61. The number of hydrogen-bond donors (Lipinski definition) is 1. The number of carbonyl (C=O) groups excluding carboxylic acids is 1. The first-order valence-corrected chi connectivity index (χ1v) is 11.3. The van der Waals surface area contributed by atoms with Crippen LogP contribution in [-0.4, -0.2) is 51.0 Å². The van der Waals surface area contributed by atoms with Crippen LogP contribution in [0.15, 0.2) is 36.8 Å². The summed E-state index contributed by atoms with van der Waals surface area (Å²) < 4.78 is 50.3. The van der Waals surface area contributed by atoms with Crippen molar-refractivity contribution in [3.63, 3.8) is 0 Å². The lowest BCUT2D eigenvalue weighted by Crippen LogP contribution is -2.50. The van der Waals surface area contributed by atoms with E-state index >= 15 is 0 Å². The molecule has 3 aromatic heterocycles. The van der Waals surface area contributed by atoms with Crippen LogP contribution in [0.1, 0.15) is 24.1 Å². The van der Waals surface area contributed by atoms with Gasteiger partial charge in [0.2, 0.25) is 5.91 Å². The monoisotopic (exact) mass is 498 g/mol. The van der Waals surface area contributed by atoms with Gasteiger partial charge in [0.05, 0.1) is 43.1 Å². The molecule has 0 radical (unpaired) electrons. The van der Waals surface area contributed by atoms with Crippen LogP contribution in [-0.2, 0) is 22.4 Å². The molecule has 186 valence electrons. The van der Waals surface area contributed by atoms with E-state index in [1.54, 1.807) is 0 Å². The van der Waals surface area contributed by atoms with E-state index in [0.29, 0.717) is 48.6 Å². The summed E-state index contributed by atoms with van der Waals surface area (Å²) in [6.07, 6.45) is 5.37. The summed E-state index contributed by atoms with van der Waals surface area (Å²) in [6, 6.07) is 6.29. The van der Waals surface area contributed by atoms with E-state index in [4.69, 9.17) is 4.74 Å². The molecule has 2 aliphatic rings. The molecule has 1 N–H and O–H groups in total. The minimum Gasteiger partial charge on any atom is -0.433 e. The van der Waals surface area contributed by atoms with Crippen molar-refractivity contribution in [3.05, 3.63) is 53.9 Å². The summed E-state index contributed by atoms with van der Waals surface area (Å²) in [5.41, 5.74) is 1.39. The molecule has 0 unspecified atom stereocenters. The van der Waals surface area contributed by atoms with Crippen molar-refractivity contribution < 1.29 is 27.4 Å². The van der Waals surface area contributed by atoms with Gasteiger partial charge in [0.1, 0.15) is 11.6 Å². The molecule has 0 saturated carbocycles. The zero-order valence-corrected chi connectivity index (χ0v) is 19.0. The topological polar surface area (TPSA) is 115 Å². The Morgan fingerprint density at radius 1 is 1.33 bits per heavy atom. The van der Waals surface area contributed by atoms with Crippen molar-refractivity contribution in [1.82, 2.24) is 25.1 Å². The summed E-state index contributed by atoms with van der Waals surface area (Å²) in [7, 11) is 0. The van der Waals surface area contributed by atoms with E-state index < -0.39 is 23.9 Å². The predicted molar refractivity (Wildman–Crippen MR) is 119 cm³/mol. The lowest BCUT2D eigenvalue weighted by Gasteiger charge is -2.27. The second-order valence-corrected chi connectivity index (χ2v) is 8.73. The number of pyridine rings is 2.